The molecule has 0 bridgehead atoms. The number of hydrogen-bond donors (Lipinski definition) is 2. The van der Waals surface area contributed by atoms with E-state index in [1.807, 2.05) is 24.3 Å². The number of methoxy groups -OCH3 is 1. The number of hydrogen-bond acceptors (Lipinski definition) is 6. The molecule has 102 valence electrons. The molecule has 0 spiro atoms. The zero-order chi connectivity index (χ0) is 14.1. The minimum Gasteiger partial charge on any atom is -0.464 e. The molecule has 1 aliphatic heterocycles. The van der Waals surface area contributed by atoms with Crippen LogP contribution < -0.4 is 5.32 Å². The van der Waals surface area contributed by atoms with Crippen LogP contribution in [0, 0.1) is 0 Å². The van der Waals surface area contributed by atoms with E-state index in [1.165, 1.54) is 18.9 Å². The number of aromatic nitrogens is 2. The van der Waals surface area contributed by atoms with Gasteiger partial charge in [0.25, 0.3) is 0 Å². The lowest BCUT2D eigenvalue weighted by Crippen LogP contribution is -2.32. The molecule has 20 heavy (non-hydrogen) atoms. The lowest BCUT2D eigenvalue weighted by Gasteiger charge is -2.09. The molecule has 0 aliphatic carbocycles. The smallest absolute Gasteiger partial charge is 0.354 e. The van der Waals surface area contributed by atoms with E-state index in [2.05, 4.69) is 20.3 Å². The summed E-state index contributed by atoms with van der Waals surface area (Å²) >= 11 is 1.23. The number of rotatable bonds is 3. The Balaban J connectivity index is 1.83. The monoisotopic (exact) mass is 289 g/mol. The fourth-order valence-corrected chi connectivity index (χ4v) is 2.83. The first-order valence-corrected chi connectivity index (χ1v) is 6.83. The second-order valence-electron chi connectivity index (χ2n) is 4.17. The number of fused-ring (bicyclic) bond motifs is 1. The molecule has 1 aromatic heterocycles. The van der Waals surface area contributed by atoms with Crippen molar-refractivity contribution >= 4 is 34.4 Å². The lowest BCUT2D eigenvalue weighted by molar-refractivity contribution is -0.136. The van der Waals surface area contributed by atoms with Crippen LogP contribution in [0.5, 0.6) is 0 Å². The summed E-state index contributed by atoms with van der Waals surface area (Å²) in [7, 11) is 1.30. The van der Waals surface area contributed by atoms with Gasteiger partial charge in [-0.2, -0.15) is 5.10 Å². The third-order valence-electron chi connectivity index (χ3n) is 2.96. The number of H-pyrrole nitrogens is 1. The third kappa shape index (κ3) is 2.05. The Labute approximate surface area is 118 Å². The molecule has 0 radical (unpaired) electrons. The molecular formula is C13H11N3O3S. The molecule has 1 aromatic carbocycles. The van der Waals surface area contributed by atoms with Crippen LogP contribution in [-0.2, 0) is 9.53 Å². The Bertz CT molecular complexity index is 722. The van der Waals surface area contributed by atoms with Crippen LogP contribution in [0.2, 0.25) is 0 Å². The van der Waals surface area contributed by atoms with Gasteiger partial charge in [0.1, 0.15) is 16.8 Å². The average Bonchev–Trinajstić information content (AvgIpc) is 3.12. The molecule has 6 nitrogen and oxygen atoms in total. The molecule has 1 unspecified atom stereocenters. The summed E-state index contributed by atoms with van der Waals surface area (Å²) in [5.41, 5.74) is 1.46. The van der Waals surface area contributed by atoms with Gasteiger partial charge >= 0.3 is 5.97 Å². The molecule has 3 rings (SSSR count). The zero-order valence-electron chi connectivity index (χ0n) is 10.5. The molecule has 0 saturated heterocycles. The highest BCUT2D eigenvalue weighted by atomic mass is 32.2. The van der Waals surface area contributed by atoms with E-state index in [0.717, 1.165) is 10.9 Å². The minimum absolute atomic E-state index is 0.178. The quantitative estimate of drug-likeness (QED) is 0.657. The highest BCUT2D eigenvalue weighted by molar-refractivity contribution is 8.03. The maximum Gasteiger partial charge on any atom is 0.354 e. The molecule has 0 fully saturated rings. The van der Waals surface area contributed by atoms with Crippen molar-refractivity contribution in [1.29, 1.82) is 0 Å². The number of ketones is 1. The molecular weight excluding hydrogens is 278 g/mol. The first-order valence-electron chi connectivity index (χ1n) is 5.88. The van der Waals surface area contributed by atoms with Crippen molar-refractivity contribution < 1.29 is 14.3 Å². The van der Waals surface area contributed by atoms with Gasteiger partial charge in [-0.05, 0) is 6.07 Å². The maximum absolute atomic E-state index is 12.4. The van der Waals surface area contributed by atoms with Gasteiger partial charge in [-0.15, -0.1) is 0 Å². The topological polar surface area (TPSA) is 84.1 Å². The first kappa shape index (κ1) is 12.7. The van der Waals surface area contributed by atoms with Crippen molar-refractivity contribution in [2.75, 3.05) is 7.11 Å². The molecule has 0 amide bonds. The molecule has 2 heterocycles. The Kier molecular flexibility index (Phi) is 3.19. The number of esters is 1. The van der Waals surface area contributed by atoms with Gasteiger partial charge in [-0.1, -0.05) is 30.0 Å². The second kappa shape index (κ2) is 5.01. The summed E-state index contributed by atoms with van der Waals surface area (Å²) in [6.07, 6.45) is 0. The van der Waals surface area contributed by atoms with E-state index in [-0.39, 0.29) is 11.5 Å². The van der Waals surface area contributed by atoms with E-state index in [0.29, 0.717) is 5.69 Å². The number of ether oxygens (including phenoxy) is 1. The highest BCUT2D eigenvalue weighted by Gasteiger charge is 2.30. The van der Waals surface area contributed by atoms with Gasteiger partial charge in [0.15, 0.2) is 0 Å². The molecule has 2 aromatic rings. The first-order chi connectivity index (χ1) is 9.70. The number of para-hydroxylation sites is 1. The van der Waals surface area contributed by atoms with Crippen molar-refractivity contribution in [2.45, 2.75) is 5.37 Å². The molecule has 0 saturated carbocycles. The van der Waals surface area contributed by atoms with Crippen LogP contribution in [-0.4, -0.2) is 34.4 Å². The highest BCUT2D eigenvalue weighted by Crippen LogP contribution is 2.26. The molecule has 1 aliphatic rings. The van der Waals surface area contributed by atoms with Crippen molar-refractivity contribution in [3.05, 3.63) is 41.1 Å². The third-order valence-corrected chi connectivity index (χ3v) is 3.93. The summed E-state index contributed by atoms with van der Waals surface area (Å²) < 4.78 is 4.61. The number of thioether (sulfide) groups is 1. The van der Waals surface area contributed by atoms with E-state index < -0.39 is 11.3 Å². The predicted molar refractivity (Wildman–Crippen MR) is 75.0 cm³/mol. The van der Waals surface area contributed by atoms with Crippen LogP contribution in [0.25, 0.3) is 10.9 Å². The number of nitrogens with zero attached hydrogens (tertiary/aromatic N) is 1. The van der Waals surface area contributed by atoms with Gasteiger partial charge in [0.05, 0.1) is 12.6 Å². The van der Waals surface area contributed by atoms with Crippen LogP contribution in [0.4, 0.5) is 0 Å². The van der Waals surface area contributed by atoms with Gasteiger partial charge in [-0.3, -0.25) is 9.89 Å². The number of carbonyl (C=O) groups excluding carboxylic acids is 2. The fourth-order valence-electron chi connectivity index (χ4n) is 1.97. The Morgan fingerprint density at radius 2 is 2.15 bits per heavy atom. The van der Waals surface area contributed by atoms with E-state index in [9.17, 15) is 9.59 Å². The number of benzene rings is 1. The van der Waals surface area contributed by atoms with Crippen molar-refractivity contribution in [3.63, 3.8) is 0 Å². The summed E-state index contributed by atoms with van der Waals surface area (Å²) in [4.78, 5) is 23.8. The number of carbonyl (C=O) groups is 2. The zero-order valence-corrected chi connectivity index (χ0v) is 11.4. The predicted octanol–water partition coefficient (Wildman–Crippen LogP) is 1.42. The number of Topliss-reactive ketones (excluding diaryl/α,β-unsaturated/α-hetero) is 1. The van der Waals surface area contributed by atoms with E-state index in [1.54, 1.807) is 5.41 Å². The van der Waals surface area contributed by atoms with Crippen molar-refractivity contribution in [3.8, 4) is 0 Å². The van der Waals surface area contributed by atoms with Gasteiger partial charge in [-0.25, -0.2) is 4.79 Å². The summed E-state index contributed by atoms with van der Waals surface area (Å²) in [6.45, 7) is 0. The molecule has 7 heteroatoms. The molecule has 2 N–H and O–H groups in total. The Morgan fingerprint density at radius 1 is 1.35 bits per heavy atom. The second-order valence-corrected chi connectivity index (χ2v) is 5.14. The van der Waals surface area contributed by atoms with Gasteiger partial charge in [0.2, 0.25) is 5.78 Å². The summed E-state index contributed by atoms with van der Waals surface area (Å²) in [5.74, 6) is -0.665. The summed E-state index contributed by atoms with van der Waals surface area (Å²) in [6, 6.07) is 7.41. The normalized spacial score (nSPS) is 17.6. The standard InChI is InChI=1S/C13H11N3O3S/c1-19-13(18)9-6-20-12(14-9)11(17)10-7-4-2-3-5-8(7)15-16-10/h2-6,12,14H,1H3,(H,15,16). The average molecular weight is 289 g/mol. The van der Waals surface area contributed by atoms with Crippen molar-refractivity contribution in [1.82, 2.24) is 15.5 Å². The van der Waals surface area contributed by atoms with E-state index >= 15 is 0 Å². The Hall–Kier alpha value is -2.28. The number of nitrogens with one attached hydrogen (secondary N) is 2. The van der Waals surface area contributed by atoms with Gasteiger partial charge in [0, 0.05) is 10.8 Å². The molecule has 1 atom stereocenters. The van der Waals surface area contributed by atoms with Crippen LogP contribution in [0.15, 0.2) is 35.4 Å². The largest absolute Gasteiger partial charge is 0.464 e. The Morgan fingerprint density at radius 3 is 2.95 bits per heavy atom. The maximum atomic E-state index is 12.4. The van der Waals surface area contributed by atoms with Crippen molar-refractivity contribution in [2.24, 2.45) is 0 Å². The minimum atomic E-state index is -0.559. The number of aromatic amines is 1. The van der Waals surface area contributed by atoms with E-state index in [4.69, 9.17) is 0 Å². The van der Waals surface area contributed by atoms with Gasteiger partial charge < -0.3 is 10.1 Å². The summed E-state index contributed by atoms with van der Waals surface area (Å²) in [5, 5.41) is 11.5. The SMILES string of the molecule is COC(=O)C1=CSC(C(=O)c2n[nH]c3ccccc23)N1. The van der Waals surface area contributed by atoms with Crippen LogP contribution in [0.1, 0.15) is 10.5 Å². The lowest BCUT2D eigenvalue weighted by atomic mass is 10.1. The van der Waals surface area contributed by atoms with Crippen LogP contribution in [0.3, 0.4) is 0 Å². The van der Waals surface area contributed by atoms with Crippen LogP contribution >= 0.6 is 11.8 Å². The fraction of sp³-hybridized carbons (Fsp3) is 0.154.